The first kappa shape index (κ1) is 24.1. The zero-order valence-electron chi connectivity index (χ0n) is 20.3. The van der Waals surface area contributed by atoms with E-state index in [4.69, 9.17) is 4.74 Å². The lowest BCUT2D eigenvalue weighted by atomic mass is 9.82. The van der Waals surface area contributed by atoms with E-state index in [0.717, 1.165) is 31.5 Å². The molecular formula is C28H35N2O4+. The molecule has 0 saturated carbocycles. The number of rotatable bonds is 7. The Morgan fingerprint density at radius 1 is 0.971 bits per heavy atom. The van der Waals surface area contributed by atoms with E-state index < -0.39 is 17.4 Å². The van der Waals surface area contributed by atoms with Gasteiger partial charge >= 0.3 is 5.97 Å². The van der Waals surface area contributed by atoms with Gasteiger partial charge in [-0.1, -0.05) is 81.4 Å². The predicted octanol–water partition coefficient (Wildman–Crippen LogP) is 3.93. The number of fused-ring (bicyclic) bond motifs is 3. The van der Waals surface area contributed by atoms with Crippen molar-refractivity contribution in [3.05, 3.63) is 71.8 Å². The maximum Gasteiger partial charge on any atom is 0.333 e. The van der Waals surface area contributed by atoms with E-state index in [9.17, 15) is 14.4 Å². The van der Waals surface area contributed by atoms with Crippen LogP contribution < -0.4 is 5.32 Å². The van der Waals surface area contributed by atoms with Crippen LogP contribution >= 0.6 is 0 Å². The second kappa shape index (κ2) is 9.71. The van der Waals surface area contributed by atoms with Crippen LogP contribution in [-0.2, 0) is 14.3 Å². The highest BCUT2D eigenvalue weighted by atomic mass is 16.5. The molecule has 3 aliphatic heterocycles. The first-order chi connectivity index (χ1) is 16.2. The van der Waals surface area contributed by atoms with Crippen LogP contribution in [0.5, 0.6) is 0 Å². The number of ketones is 1. The van der Waals surface area contributed by atoms with Gasteiger partial charge in [-0.2, -0.15) is 0 Å². The summed E-state index contributed by atoms with van der Waals surface area (Å²) in [5.74, 6) is -0.213. The number of hydrogen-bond donors (Lipinski definition) is 1. The highest BCUT2D eigenvalue weighted by Gasteiger charge is 2.49. The van der Waals surface area contributed by atoms with Gasteiger partial charge in [0, 0.05) is 29.7 Å². The minimum absolute atomic E-state index is 0.130. The molecule has 180 valence electrons. The topological polar surface area (TPSA) is 72.5 Å². The molecule has 6 nitrogen and oxygen atoms in total. The fourth-order valence-electron chi connectivity index (χ4n) is 5.09. The number of benzene rings is 2. The second-order valence-electron chi connectivity index (χ2n) is 10.8. The lowest BCUT2D eigenvalue weighted by Crippen LogP contribution is -2.66. The molecule has 2 aromatic rings. The third-order valence-corrected chi connectivity index (χ3v) is 7.21. The molecule has 3 fully saturated rings. The highest BCUT2D eigenvalue weighted by Crippen LogP contribution is 2.36. The van der Waals surface area contributed by atoms with Gasteiger partial charge in [-0.3, -0.25) is 9.59 Å². The monoisotopic (exact) mass is 463 g/mol. The van der Waals surface area contributed by atoms with Gasteiger partial charge < -0.3 is 14.5 Å². The first-order valence-corrected chi connectivity index (χ1v) is 12.2. The number of nitrogens with zero attached hydrogens (tertiary/aromatic N) is 1. The molecule has 0 aromatic heterocycles. The summed E-state index contributed by atoms with van der Waals surface area (Å²) in [7, 11) is 0. The molecule has 34 heavy (non-hydrogen) atoms. The maximum absolute atomic E-state index is 13.4. The molecule has 1 N–H and O–H groups in total. The molecule has 3 saturated heterocycles. The molecule has 3 heterocycles. The van der Waals surface area contributed by atoms with Crippen LogP contribution in [0, 0.1) is 11.3 Å². The SMILES string of the molecule is CC(C)(C)C(=O)NC(C(=O)O[C@H]1C[N+]2(CC(=O)c3ccccc3)CCC1CC2)c1ccccc1. The zero-order valence-corrected chi connectivity index (χ0v) is 20.3. The largest absolute Gasteiger partial charge is 0.454 e. The molecule has 0 spiro atoms. The van der Waals surface area contributed by atoms with Gasteiger partial charge in [-0.05, 0) is 5.56 Å². The second-order valence-corrected chi connectivity index (χ2v) is 10.8. The zero-order chi connectivity index (χ0) is 24.3. The van der Waals surface area contributed by atoms with Crippen LogP contribution in [0.4, 0.5) is 0 Å². The molecule has 6 heteroatoms. The summed E-state index contributed by atoms with van der Waals surface area (Å²) in [4.78, 5) is 39.1. The summed E-state index contributed by atoms with van der Waals surface area (Å²) in [5.41, 5.74) is 0.801. The van der Waals surface area contributed by atoms with Crippen LogP contribution in [0.3, 0.4) is 0 Å². The lowest BCUT2D eigenvalue weighted by Gasteiger charge is -2.51. The van der Waals surface area contributed by atoms with Crippen LogP contribution in [0.2, 0.25) is 0 Å². The average Bonchev–Trinajstić information content (AvgIpc) is 2.83. The van der Waals surface area contributed by atoms with Gasteiger partial charge in [0.1, 0.15) is 13.1 Å². The molecule has 1 unspecified atom stereocenters. The molecule has 3 aliphatic rings. The smallest absolute Gasteiger partial charge is 0.333 e. The van der Waals surface area contributed by atoms with Crippen LogP contribution in [-0.4, -0.2) is 54.4 Å². The molecule has 0 aliphatic carbocycles. The maximum atomic E-state index is 13.4. The number of amides is 1. The molecule has 2 atom stereocenters. The molecule has 0 radical (unpaired) electrons. The highest BCUT2D eigenvalue weighted by molar-refractivity contribution is 5.97. The van der Waals surface area contributed by atoms with Crippen molar-refractivity contribution >= 4 is 17.7 Å². The van der Waals surface area contributed by atoms with Crippen molar-refractivity contribution in [1.82, 2.24) is 5.32 Å². The van der Waals surface area contributed by atoms with Crippen LogP contribution in [0.25, 0.3) is 0 Å². The van der Waals surface area contributed by atoms with Crippen molar-refractivity contribution < 1.29 is 23.6 Å². The Bertz CT molecular complexity index is 1020. The Hall–Kier alpha value is -2.99. The van der Waals surface area contributed by atoms with E-state index in [1.807, 2.05) is 81.4 Å². The molecule has 5 rings (SSSR count). The van der Waals surface area contributed by atoms with Crippen LogP contribution in [0.1, 0.15) is 55.6 Å². The molecule has 2 bridgehead atoms. The number of piperidine rings is 3. The van der Waals surface area contributed by atoms with Crippen molar-refractivity contribution in [3.63, 3.8) is 0 Å². The van der Waals surface area contributed by atoms with Crippen molar-refractivity contribution in [3.8, 4) is 0 Å². The normalized spacial score (nSPS) is 24.8. The van der Waals surface area contributed by atoms with Gasteiger partial charge in [0.05, 0.1) is 13.1 Å². The lowest BCUT2D eigenvalue weighted by molar-refractivity contribution is -0.938. The Morgan fingerprint density at radius 3 is 2.15 bits per heavy atom. The number of Topliss-reactive ketones (excluding diaryl/α,β-unsaturated/α-hetero) is 1. The number of nitrogens with one attached hydrogen (secondary N) is 1. The number of hydrogen-bond acceptors (Lipinski definition) is 4. The summed E-state index contributed by atoms with van der Waals surface area (Å²) in [6.45, 7) is 8.39. The van der Waals surface area contributed by atoms with Crippen LogP contribution in [0.15, 0.2) is 60.7 Å². The number of ether oxygens (including phenoxy) is 1. The van der Waals surface area contributed by atoms with E-state index in [2.05, 4.69) is 5.32 Å². The minimum atomic E-state index is -0.859. The standard InChI is InChI=1S/C28H34N2O4/c1-28(2,3)27(33)29-25(22-12-8-5-9-13-22)26(32)34-24-19-30(16-14-21(24)15-17-30)18-23(31)20-10-6-4-7-11-20/h4-13,21,24-25H,14-19H2,1-3H3/p+1/t21?,24-,25?,30?/m0/s1. The number of carbonyl (C=O) groups excluding carboxylic acids is 3. The average molecular weight is 464 g/mol. The van der Waals surface area contributed by atoms with Crippen molar-refractivity contribution in [2.24, 2.45) is 11.3 Å². The number of esters is 1. The molecule has 1 amide bonds. The fraction of sp³-hybridized carbons (Fsp3) is 0.464. The first-order valence-electron chi connectivity index (χ1n) is 12.2. The number of carbonyl (C=O) groups is 3. The predicted molar refractivity (Wildman–Crippen MR) is 130 cm³/mol. The summed E-state index contributed by atoms with van der Waals surface area (Å²) in [5, 5.41) is 2.90. The Balaban J connectivity index is 1.48. The summed E-state index contributed by atoms with van der Waals surface area (Å²) in [6.07, 6.45) is 1.62. The van der Waals surface area contributed by atoms with Crippen molar-refractivity contribution in [2.75, 3.05) is 26.2 Å². The Labute approximate surface area is 201 Å². The Kier molecular flexibility index (Phi) is 6.89. The summed E-state index contributed by atoms with van der Waals surface area (Å²) < 4.78 is 6.75. The van der Waals surface area contributed by atoms with E-state index in [0.29, 0.717) is 29.1 Å². The number of quaternary nitrogens is 1. The minimum Gasteiger partial charge on any atom is -0.454 e. The van der Waals surface area contributed by atoms with Gasteiger partial charge in [0.2, 0.25) is 11.7 Å². The molecule has 2 aromatic carbocycles. The van der Waals surface area contributed by atoms with E-state index in [1.165, 1.54) is 0 Å². The van der Waals surface area contributed by atoms with Gasteiger partial charge in [-0.25, -0.2) is 4.79 Å². The summed E-state index contributed by atoms with van der Waals surface area (Å²) in [6, 6.07) is 17.8. The third kappa shape index (κ3) is 5.39. The Morgan fingerprint density at radius 2 is 1.56 bits per heavy atom. The quantitative estimate of drug-likeness (QED) is 0.384. The fourth-order valence-corrected chi connectivity index (χ4v) is 5.09. The van der Waals surface area contributed by atoms with E-state index in [-0.39, 0.29) is 17.8 Å². The van der Waals surface area contributed by atoms with Gasteiger partial charge in [0.25, 0.3) is 0 Å². The van der Waals surface area contributed by atoms with E-state index >= 15 is 0 Å². The van der Waals surface area contributed by atoms with Crippen molar-refractivity contribution in [2.45, 2.75) is 45.8 Å². The van der Waals surface area contributed by atoms with Gasteiger partial charge in [-0.15, -0.1) is 0 Å². The van der Waals surface area contributed by atoms with Crippen molar-refractivity contribution in [1.29, 1.82) is 0 Å². The van der Waals surface area contributed by atoms with Gasteiger partial charge in [0.15, 0.2) is 12.1 Å². The summed E-state index contributed by atoms with van der Waals surface area (Å²) >= 11 is 0. The van der Waals surface area contributed by atoms with E-state index in [1.54, 1.807) is 0 Å². The third-order valence-electron chi connectivity index (χ3n) is 7.21. The molecular weight excluding hydrogens is 428 g/mol.